The maximum atomic E-state index is 11.2. The molecule has 4 aromatic heterocycles. The first-order valence-electron chi connectivity index (χ1n) is 12.7. The first kappa shape index (κ1) is 24.9. The number of aryl methyl sites for hydroxylation is 1. The SMILES string of the molecule is Cc1c(-c2[nH]c3ccc(C4CCC(NCCS(N)(=O)=O)CC4)nc3c2C(C)C)cn2ncnc2c1C. The number of rotatable bonds is 7. The lowest BCUT2D eigenvalue weighted by Gasteiger charge is -2.29. The largest absolute Gasteiger partial charge is 0.353 e. The molecular formula is C26H35N7O2S. The van der Waals surface area contributed by atoms with Crippen molar-refractivity contribution < 1.29 is 8.42 Å². The number of nitrogens with one attached hydrogen (secondary N) is 2. The molecule has 1 saturated carbocycles. The Morgan fingerprint density at radius 3 is 2.61 bits per heavy atom. The second-order valence-electron chi connectivity index (χ2n) is 10.4. The van der Waals surface area contributed by atoms with Crippen LogP contribution in [0.2, 0.25) is 0 Å². The number of pyridine rings is 2. The average molecular weight is 510 g/mol. The van der Waals surface area contributed by atoms with Gasteiger partial charge in [0.25, 0.3) is 0 Å². The van der Waals surface area contributed by atoms with Gasteiger partial charge in [-0.2, -0.15) is 5.10 Å². The highest BCUT2D eigenvalue weighted by molar-refractivity contribution is 7.89. The fourth-order valence-corrected chi connectivity index (χ4v) is 5.96. The topological polar surface area (TPSA) is 131 Å². The first-order valence-corrected chi connectivity index (χ1v) is 14.4. The highest BCUT2D eigenvalue weighted by atomic mass is 32.2. The summed E-state index contributed by atoms with van der Waals surface area (Å²) < 4.78 is 24.2. The van der Waals surface area contributed by atoms with Gasteiger partial charge in [0, 0.05) is 41.5 Å². The van der Waals surface area contributed by atoms with Crippen LogP contribution in [0.15, 0.2) is 24.7 Å². The number of hydrogen-bond acceptors (Lipinski definition) is 6. The summed E-state index contributed by atoms with van der Waals surface area (Å²) in [5.41, 5.74) is 9.88. The average Bonchev–Trinajstić information content (AvgIpc) is 3.45. The summed E-state index contributed by atoms with van der Waals surface area (Å²) in [7, 11) is -3.43. The molecule has 36 heavy (non-hydrogen) atoms. The lowest BCUT2D eigenvalue weighted by Crippen LogP contribution is -2.37. The second-order valence-corrected chi connectivity index (χ2v) is 12.1. The van der Waals surface area contributed by atoms with Gasteiger partial charge in [-0.3, -0.25) is 4.98 Å². The van der Waals surface area contributed by atoms with Crippen LogP contribution in [0.25, 0.3) is 27.9 Å². The van der Waals surface area contributed by atoms with Crippen LogP contribution in [0.3, 0.4) is 0 Å². The van der Waals surface area contributed by atoms with Gasteiger partial charge in [-0.05, 0) is 68.7 Å². The smallest absolute Gasteiger partial charge is 0.210 e. The molecule has 0 unspecified atom stereocenters. The van der Waals surface area contributed by atoms with Crippen LogP contribution in [-0.2, 0) is 10.0 Å². The Balaban J connectivity index is 1.43. The monoisotopic (exact) mass is 509 g/mol. The summed E-state index contributed by atoms with van der Waals surface area (Å²) in [4.78, 5) is 13.3. The number of nitrogens with two attached hydrogens (primary N) is 1. The van der Waals surface area contributed by atoms with Gasteiger partial charge >= 0.3 is 0 Å². The van der Waals surface area contributed by atoms with Crippen LogP contribution in [0.5, 0.6) is 0 Å². The molecule has 4 aromatic rings. The van der Waals surface area contributed by atoms with E-state index in [1.807, 2.05) is 4.52 Å². The van der Waals surface area contributed by atoms with Gasteiger partial charge in [0.1, 0.15) is 6.33 Å². The van der Waals surface area contributed by atoms with Gasteiger partial charge in [0.15, 0.2) is 5.65 Å². The molecule has 0 amide bonds. The number of aromatic nitrogens is 5. The number of primary sulfonamides is 1. The van der Waals surface area contributed by atoms with Gasteiger partial charge in [-0.1, -0.05) is 13.8 Å². The standard InChI is InChI=1S/C26H35N7O2S/c1-15(2)23-24(20-13-33-26(29-14-30-33)17(4)16(20)3)32-22-10-9-21(31-25(22)23)18-5-7-19(8-6-18)28-11-12-36(27,34)35/h9-10,13-15,18-19,28,32H,5-8,11-12H2,1-4H3,(H2,27,34,35). The first-order chi connectivity index (χ1) is 17.1. The van der Waals surface area contributed by atoms with E-state index < -0.39 is 10.0 Å². The van der Waals surface area contributed by atoms with Crippen molar-refractivity contribution in [2.24, 2.45) is 5.14 Å². The molecule has 4 N–H and O–H groups in total. The number of fused-ring (bicyclic) bond motifs is 2. The van der Waals surface area contributed by atoms with E-state index in [4.69, 9.17) is 10.1 Å². The van der Waals surface area contributed by atoms with Crippen LogP contribution in [0.4, 0.5) is 0 Å². The van der Waals surface area contributed by atoms with E-state index >= 15 is 0 Å². The van der Waals surface area contributed by atoms with Crippen LogP contribution in [-0.4, -0.2) is 51.3 Å². The van der Waals surface area contributed by atoms with Crippen molar-refractivity contribution in [1.29, 1.82) is 0 Å². The predicted octanol–water partition coefficient (Wildman–Crippen LogP) is 3.92. The van der Waals surface area contributed by atoms with Crippen molar-refractivity contribution in [3.63, 3.8) is 0 Å². The number of nitrogens with zero attached hydrogens (tertiary/aromatic N) is 4. The Bertz CT molecular complexity index is 1510. The summed E-state index contributed by atoms with van der Waals surface area (Å²) in [5.74, 6) is 0.669. The fraction of sp³-hybridized carbons (Fsp3) is 0.500. The lowest BCUT2D eigenvalue weighted by atomic mass is 9.83. The van der Waals surface area contributed by atoms with Crippen LogP contribution in [0, 0.1) is 13.8 Å². The number of hydrogen-bond donors (Lipinski definition) is 3. The second kappa shape index (κ2) is 9.57. The number of sulfonamides is 1. The third-order valence-electron chi connectivity index (χ3n) is 7.64. The third kappa shape index (κ3) is 4.77. The summed E-state index contributed by atoms with van der Waals surface area (Å²) in [6, 6.07) is 4.65. The molecule has 9 nitrogen and oxygen atoms in total. The zero-order chi connectivity index (χ0) is 25.6. The third-order valence-corrected chi connectivity index (χ3v) is 8.41. The summed E-state index contributed by atoms with van der Waals surface area (Å²) in [5, 5.41) is 12.8. The Labute approximate surface area is 212 Å². The van der Waals surface area contributed by atoms with Crippen molar-refractivity contribution in [1.82, 2.24) is 29.9 Å². The zero-order valence-corrected chi connectivity index (χ0v) is 22.2. The Morgan fingerprint density at radius 1 is 1.17 bits per heavy atom. The Hall–Kier alpha value is -2.82. The van der Waals surface area contributed by atoms with Gasteiger partial charge < -0.3 is 10.3 Å². The summed E-state index contributed by atoms with van der Waals surface area (Å²) >= 11 is 0. The van der Waals surface area contributed by atoms with Crippen LogP contribution < -0.4 is 10.5 Å². The van der Waals surface area contributed by atoms with E-state index in [1.54, 1.807) is 6.33 Å². The maximum absolute atomic E-state index is 11.2. The molecule has 0 bridgehead atoms. The van der Waals surface area contributed by atoms with Gasteiger partial charge in [0.2, 0.25) is 10.0 Å². The molecule has 1 aliphatic carbocycles. The van der Waals surface area contributed by atoms with Gasteiger partial charge in [0.05, 0.1) is 22.5 Å². The van der Waals surface area contributed by atoms with E-state index in [0.717, 1.165) is 64.9 Å². The summed E-state index contributed by atoms with van der Waals surface area (Å²) in [6.07, 6.45) is 7.72. The minimum atomic E-state index is -3.43. The molecule has 0 aliphatic heterocycles. The molecule has 4 heterocycles. The fourth-order valence-electron chi connectivity index (χ4n) is 5.56. The van der Waals surface area contributed by atoms with Crippen molar-refractivity contribution in [3.8, 4) is 11.3 Å². The molecule has 1 aliphatic rings. The minimum Gasteiger partial charge on any atom is -0.353 e. The maximum Gasteiger partial charge on any atom is 0.210 e. The summed E-state index contributed by atoms with van der Waals surface area (Å²) in [6.45, 7) is 9.08. The van der Waals surface area contributed by atoms with Crippen LogP contribution in [0.1, 0.15) is 73.8 Å². The molecule has 0 spiro atoms. The van der Waals surface area contributed by atoms with Crippen molar-refractivity contribution in [3.05, 3.63) is 47.0 Å². The van der Waals surface area contributed by atoms with Crippen LogP contribution >= 0.6 is 0 Å². The van der Waals surface area contributed by atoms with Gasteiger partial charge in [-0.25, -0.2) is 23.1 Å². The van der Waals surface area contributed by atoms with Crippen molar-refractivity contribution >= 4 is 26.7 Å². The highest BCUT2D eigenvalue weighted by Gasteiger charge is 2.25. The molecule has 5 rings (SSSR count). The Morgan fingerprint density at radius 2 is 1.92 bits per heavy atom. The molecule has 0 radical (unpaired) electrons. The van der Waals surface area contributed by atoms with E-state index in [1.165, 1.54) is 11.1 Å². The molecule has 0 aromatic carbocycles. The molecule has 0 saturated heterocycles. The zero-order valence-electron chi connectivity index (χ0n) is 21.4. The predicted molar refractivity (Wildman–Crippen MR) is 143 cm³/mol. The van der Waals surface area contributed by atoms with E-state index in [2.05, 4.69) is 66.4 Å². The highest BCUT2D eigenvalue weighted by Crippen LogP contribution is 2.39. The quantitative estimate of drug-likeness (QED) is 0.346. The molecule has 0 atom stereocenters. The molecule has 192 valence electrons. The van der Waals surface area contributed by atoms with Crippen molar-refractivity contribution in [2.45, 2.75) is 71.3 Å². The van der Waals surface area contributed by atoms with E-state index in [0.29, 0.717) is 24.4 Å². The molecular weight excluding hydrogens is 474 g/mol. The lowest BCUT2D eigenvalue weighted by molar-refractivity contribution is 0.345. The Kier molecular flexibility index (Phi) is 6.61. The number of aromatic amines is 1. The molecule has 1 fully saturated rings. The number of H-pyrrole nitrogens is 1. The minimum absolute atomic E-state index is 0.0260. The van der Waals surface area contributed by atoms with E-state index in [9.17, 15) is 8.42 Å². The normalized spacial score (nSPS) is 19.1. The van der Waals surface area contributed by atoms with Gasteiger partial charge in [-0.15, -0.1) is 0 Å². The molecule has 10 heteroatoms. The van der Waals surface area contributed by atoms with Crippen molar-refractivity contribution in [2.75, 3.05) is 12.3 Å². The van der Waals surface area contributed by atoms with E-state index in [-0.39, 0.29) is 5.75 Å².